The first-order valence-electron chi connectivity index (χ1n) is 3.84. The van der Waals surface area contributed by atoms with Gasteiger partial charge in [-0.25, -0.2) is 9.67 Å². The predicted molar refractivity (Wildman–Crippen MR) is 46.3 cm³/mol. The smallest absolute Gasteiger partial charge is 0.203 e. The fourth-order valence-electron chi connectivity index (χ4n) is 0.848. The molecule has 1 aromatic heterocycles. The van der Waals surface area contributed by atoms with Gasteiger partial charge >= 0.3 is 0 Å². The first-order chi connectivity index (χ1) is 5.75. The molecule has 4 heteroatoms. The lowest BCUT2D eigenvalue weighted by atomic mass is 10.4. The van der Waals surface area contributed by atoms with Crippen LogP contribution in [0.3, 0.4) is 0 Å². The fourth-order valence-corrected chi connectivity index (χ4v) is 0.848. The molecule has 0 saturated carbocycles. The molecule has 4 nitrogen and oxygen atoms in total. The summed E-state index contributed by atoms with van der Waals surface area (Å²) in [7, 11) is 0. The molecule has 2 N–H and O–H groups in total. The van der Waals surface area contributed by atoms with E-state index in [9.17, 15) is 0 Å². The van der Waals surface area contributed by atoms with Gasteiger partial charge < -0.3 is 5.73 Å². The summed E-state index contributed by atoms with van der Waals surface area (Å²) in [4.78, 5) is 4.00. The van der Waals surface area contributed by atoms with Crippen molar-refractivity contribution < 1.29 is 0 Å². The topological polar surface area (TPSA) is 56.7 Å². The van der Waals surface area contributed by atoms with Crippen molar-refractivity contribution in [3.8, 4) is 11.8 Å². The van der Waals surface area contributed by atoms with Crippen LogP contribution in [0.1, 0.15) is 25.7 Å². The van der Waals surface area contributed by atoms with Gasteiger partial charge in [-0.05, 0) is 19.8 Å². The van der Waals surface area contributed by atoms with Gasteiger partial charge in [-0.3, -0.25) is 0 Å². The highest BCUT2D eigenvalue weighted by Crippen LogP contribution is 2.02. The molecule has 1 aromatic rings. The van der Waals surface area contributed by atoms with Crippen LogP contribution in [0.15, 0.2) is 6.33 Å². The Hall–Kier alpha value is -1.34. The van der Waals surface area contributed by atoms with Crippen LogP contribution in [0.2, 0.25) is 0 Å². The molecule has 12 heavy (non-hydrogen) atoms. The predicted octanol–water partition coefficient (Wildman–Crippen LogP) is 0.169. The maximum atomic E-state index is 5.24. The van der Waals surface area contributed by atoms with Gasteiger partial charge in [-0.15, -0.1) is 0 Å². The average molecular weight is 164 g/mol. The van der Waals surface area contributed by atoms with Gasteiger partial charge in [0.25, 0.3) is 0 Å². The molecule has 0 aliphatic heterocycles. The maximum absolute atomic E-state index is 5.24. The van der Waals surface area contributed by atoms with Gasteiger partial charge in [-0.2, -0.15) is 5.10 Å². The van der Waals surface area contributed by atoms with Gasteiger partial charge in [0.1, 0.15) is 6.33 Å². The Kier molecular flexibility index (Phi) is 2.83. The van der Waals surface area contributed by atoms with Gasteiger partial charge in [0.05, 0.1) is 6.54 Å². The zero-order chi connectivity index (χ0) is 8.97. The number of hydrogen-bond acceptors (Lipinski definition) is 3. The quantitative estimate of drug-likeness (QED) is 0.602. The molecular weight excluding hydrogens is 152 g/mol. The Bertz CT molecular complexity index is 302. The SMILES string of the molecule is CC(C)n1ncnc1C#CCN. The normalized spacial score (nSPS) is 9.67. The van der Waals surface area contributed by atoms with Crippen LogP contribution in [0.4, 0.5) is 0 Å². The maximum Gasteiger partial charge on any atom is 0.203 e. The zero-order valence-electron chi connectivity index (χ0n) is 7.28. The summed E-state index contributed by atoms with van der Waals surface area (Å²) < 4.78 is 1.77. The monoisotopic (exact) mass is 164 g/mol. The molecule has 0 bridgehead atoms. The lowest BCUT2D eigenvalue weighted by Crippen LogP contribution is -2.06. The van der Waals surface area contributed by atoms with E-state index in [1.54, 1.807) is 4.68 Å². The van der Waals surface area contributed by atoms with Crippen LogP contribution >= 0.6 is 0 Å². The number of nitrogens with zero attached hydrogens (tertiary/aromatic N) is 3. The highest BCUT2D eigenvalue weighted by Gasteiger charge is 2.03. The fraction of sp³-hybridized carbons (Fsp3) is 0.500. The van der Waals surface area contributed by atoms with Gasteiger partial charge in [0.15, 0.2) is 0 Å². The van der Waals surface area contributed by atoms with Crippen molar-refractivity contribution in [1.29, 1.82) is 0 Å². The van der Waals surface area contributed by atoms with Gasteiger partial charge in [-0.1, -0.05) is 5.92 Å². The molecule has 0 unspecified atom stereocenters. The summed E-state index contributed by atoms with van der Waals surface area (Å²) >= 11 is 0. The van der Waals surface area contributed by atoms with Crippen molar-refractivity contribution in [1.82, 2.24) is 14.8 Å². The first kappa shape index (κ1) is 8.75. The van der Waals surface area contributed by atoms with Gasteiger partial charge in [0, 0.05) is 6.04 Å². The Labute approximate surface area is 71.8 Å². The molecule has 0 saturated heterocycles. The number of nitrogens with two attached hydrogens (primary N) is 1. The molecule has 0 spiro atoms. The Morgan fingerprint density at radius 1 is 1.67 bits per heavy atom. The largest absolute Gasteiger partial charge is 0.320 e. The summed E-state index contributed by atoms with van der Waals surface area (Å²) in [5.41, 5.74) is 5.24. The molecule has 0 aliphatic carbocycles. The van der Waals surface area contributed by atoms with Crippen molar-refractivity contribution in [3.63, 3.8) is 0 Å². The van der Waals surface area contributed by atoms with E-state index in [0.29, 0.717) is 12.4 Å². The molecule has 1 rings (SSSR count). The van der Waals surface area contributed by atoms with Crippen LogP contribution in [-0.2, 0) is 0 Å². The third-order valence-corrected chi connectivity index (χ3v) is 1.36. The Morgan fingerprint density at radius 3 is 3.00 bits per heavy atom. The van der Waals surface area contributed by atoms with Crippen molar-refractivity contribution in [3.05, 3.63) is 12.2 Å². The lowest BCUT2D eigenvalue weighted by Gasteiger charge is -2.04. The van der Waals surface area contributed by atoms with E-state index in [4.69, 9.17) is 5.73 Å². The minimum Gasteiger partial charge on any atom is -0.320 e. The highest BCUT2D eigenvalue weighted by atomic mass is 15.3. The Balaban J connectivity index is 2.91. The van der Waals surface area contributed by atoms with Crippen molar-refractivity contribution in [2.45, 2.75) is 19.9 Å². The molecular formula is C8H12N4. The van der Waals surface area contributed by atoms with E-state index >= 15 is 0 Å². The summed E-state index contributed by atoms with van der Waals surface area (Å²) in [6.45, 7) is 4.41. The van der Waals surface area contributed by atoms with Crippen LogP contribution < -0.4 is 5.73 Å². The van der Waals surface area contributed by atoms with E-state index in [-0.39, 0.29) is 6.04 Å². The second kappa shape index (κ2) is 3.88. The van der Waals surface area contributed by atoms with Crippen molar-refractivity contribution in [2.75, 3.05) is 6.54 Å². The van der Waals surface area contributed by atoms with Crippen molar-refractivity contribution >= 4 is 0 Å². The van der Waals surface area contributed by atoms with Crippen LogP contribution in [0.25, 0.3) is 0 Å². The molecule has 0 aliphatic rings. The number of rotatable bonds is 1. The second-order valence-electron chi connectivity index (χ2n) is 2.63. The van der Waals surface area contributed by atoms with E-state index in [1.807, 2.05) is 13.8 Å². The van der Waals surface area contributed by atoms with Crippen LogP contribution in [0, 0.1) is 11.8 Å². The Morgan fingerprint density at radius 2 is 2.42 bits per heavy atom. The number of aromatic nitrogens is 3. The van der Waals surface area contributed by atoms with Crippen molar-refractivity contribution in [2.24, 2.45) is 5.73 Å². The molecule has 0 amide bonds. The third kappa shape index (κ3) is 1.83. The van der Waals surface area contributed by atoms with E-state index in [0.717, 1.165) is 0 Å². The minimum atomic E-state index is 0.287. The second-order valence-corrected chi connectivity index (χ2v) is 2.63. The molecule has 0 atom stereocenters. The minimum absolute atomic E-state index is 0.287. The highest BCUT2D eigenvalue weighted by molar-refractivity contribution is 5.20. The molecule has 0 fully saturated rings. The summed E-state index contributed by atoms with van der Waals surface area (Å²) in [5.74, 6) is 6.27. The van der Waals surface area contributed by atoms with E-state index in [1.165, 1.54) is 6.33 Å². The van der Waals surface area contributed by atoms with Gasteiger partial charge in [0.2, 0.25) is 5.82 Å². The summed E-state index contributed by atoms with van der Waals surface area (Å²) in [5, 5.41) is 4.03. The molecule has 0 aromatic carbocycles. The summed E-state index contributed by atoms with van der Waals surface area (Å²) in [6.07, 6.45) is 1.50. The standard InChI is InChI=1S/C8H12N4/c1-7(2)12-8(4-3-5-9)10-6-11-12/h6-7H,5,9H2,1-2H3. The molecule has 1 heterocycles. The third-order valence-electron chi connectivity index (χ3n) is 1.36. The van der Waals surface area contributed by atoms with E-state index in [2.05, 4.69) is 21.9 Å². The molecule has 64 valence electrons. The average Bonchev–Trinajstić information content (AvgIpc) is 2.48. The zero-order valence-corrected chi connectivity index (χ0v) is 7.28. The lowest BCUT2D eigenvalue weighted by molar-refractivity contribution is 0.525. The van der Waals surface area contributed by atoms with E-state index < -0.39 is 0 Å². The van der Waals surface area contributed by atoms with Crippen LogP contribution in [0.5, 0.6) is 0 Å². The first-order valence-corrected chi connectivity index (χ1v) is 3.84. The number of hydrogen-bond donors (Lipinski definition) is 1. The van der Waals surface area contributed by atoms with Crippen LogP contribution in [-0.4, -0.2) is 21.3 Å². The summed E-state index contributed by atoms with van der Waals surface area (Å²) in [6, 6.07) is 0.287. The molecule has 0 radical (unpaired) electrons.